The van der Waals surface area contributed by atoms with Gasteiger partial charge in [-0.25, -0.2) is 0 Å². The molecule has 0 aromatic heterocycles. The van der Waals surface area contributed by atoms with Crippen LogP contribution in [0.2, 0.25) is 0 Å². The van der Waals surface area contributed by atoms with Crippen LogP contribution in [0.25, 0.3) is 0 Å². The third-order valence-corrected chi connectivity index (χ3v) is 4.49. The van der Waals surface area contributed by atoms with Crippen molar-refractivity contribution >= 4 is 0 Å². The molecule has 0 aliphatic heterocycles. The highest BCUT2D eigenvalue weighted by Crippen LogP contribution is 2.27. The Balaban J connectivity index is 1.46. The lowest BCUT2D eigenvalue weighted by Crippen LogP contribution is -2.18. The maximum absolute atomic E-state index is 6.01. The maximum atomic E-state index is 6.01. The van der Waals surface area contributed by atoms with Gasteiger partial charge < -0.3 is 9.47 Å². The molecule has 0 fully saturated rings. The van der Waals surface area contributed by atoms with E-state index in [1.54, 1.807) is 0 Å². The van der Waals surface area contributed by atoms with E-state index in [9.17, 15) is 0 Å². The van der Waals surface area contributed by atoms with Gasteiger partial charge in [-0.05, 0) is 67.9 Å². The molecule has 2 nitrogen and oxygen atoms in total. The Labute approximate surface area is 134 Å². The maximum Gasteiger partial charge on any atom is 0.124 e. The molecule has 0 amide bonds. The predicted octanol–water partition coefficient (Wildman–Crippen LogP) is 4.92. The van der Waals surface area contributed by atoms with Gasteiger partial charge in [0.05, 0.1) is 5.76 Å². The average molecular weight is 298 g/mol. The van der Waals surface area contributed by atoms with Gasteiger partial charge in [0.15, 0.2) is 0 Å². The molecular weight excluding hydrogens is 272 g/mol. The van der Waals surface area contributed by atoms with Crippen LogP contribution in [0, 0.1) is 24.7 Å². The number of allylic oxidation sites excluding steroid dienone is 4. The van der Waals surface area contributed by atoms with Gasteiger partial charge in [0.25, 0.3) is 0 Å². The lowest BCUT2D eigenvalue weighted by Gasteiger charge is -2.26. The normalized spacial score (nSPS) is 34.8. The van der Waals surface area contributed by atoms with E-state index in [0.29, 0.717) is 11.8 Å². The molecule has 0 aromatic carbocycles. The first kappa shape index (κ1) is 15.5. The van der Waals surface area contributed by atoms with Crippen molar-refractivity contribution in [1.29, 1.82) is 0 Å². The lowest BCUT2D eigenvalue weighted by molar-refractivity contribution is 0.137. The molecule has 0 bridgehead atoms. The van der Waals surface area contributed by atoms with Gasteiger partial charge >= 0.3 is 0 Å². The second-order valence-corrected chi connectivity index (χ2v) is 6.64. The Hall–Kier alpha value is -1.44. The van der Waals surface area contributed by atoms with Crippen molar-refractivity contribution in [2.45, 2.75) is 51.7 Å². The molecular formula is C20H26O2. The Morgan fingerprint density at radius 3 is 2.41 bits per heavy atom. The molecule has 0 heterocycles. The quantitative estimate of drug-likeness (QED) is 0.686. The van der Waals surface area contributed by atoms with Crippen LogP contribution >= 0.6 is 0 Å². The van der Waals surface area contributed by atoms with Gasteiger partial charge in [-0.1, -0.05) is 19.9 Å². The molecule has 4 atom stereocenters. The number of hydrogen-bond donors (Lipinski definition) is 0. The molecule has 0 spiro atoms. The van der Waals surface area contributed by atoms with Crippen LogP contribution in [0.4, 0.5) is 0 Å². The van der Waals surface area contributed by atoms with Crippen molar-refractivity contribution in [3.8, 4) is 0 Å². The fourth-order valence-corrected chi connectivity index (χ4v) is 2.96. The molecule has 0 N–H and O–H groups in total. The summed E-state index contributed by atoms with van der Waals surface area (Å²) < 4.78 is 12.0. The zero-order chi connectivity index (χ0) is 15.4. The minimum absolute atomic E-state index is 0.0299. The first-order valence-corrected chi connectivity index (χ1v) is 8.48. The summed E-state index contributed by atoms with van der Waals surface area (Å²) in [5.41, 5.74) is 0. The van der Waals surface area contributed by atoms with Crippen molar-refractivity contribution in [3.05, 3.63) is 60.8 Å². The van der Waals surface area contributed by atoms with Gasteiger partial charge in [-0.2, -0.15) is 0 Å². The van der Waals surface area contributed by atoms with E-state index in [-0.39, 0.29) is 12.2 Å². The minimum atomic E-state index is 0.0299. The highest BCUT2D eigenvalue weighted by molar-refractivity contribution is 5.27. The van der Waals surface area contributed by atoms with Gasteiger partial charge in [-0.3, -0.25) is 0 Å². The molecule has 118 valence electrons. The molecule has 2 heteroatoms. The summed E-state index contributed by atoms with van der Waals surface area (Å²) in [5.74, 6) is 3.38. The average Bonchev–Trinajstić information content (AvgIpc) is 2.54. The van der Waals surface area contributed by atoms with Crippen LogP contribution in [0.5, 0.6) is 0 Å². The first-order valence-electron chi connectivity index (χ1n) is 8.48. The Bertz CT molecular complexity index is 498. The molecule has 2 radical (unpaired) electrons. The summed E-state index contributed by atoms with van der Waals surface area (Å²) in [6, 6.07) is 0. The molecule has 3 aliphatic carbocycles. The summed E-state index contributed by atoms with van der Waals surface area (Å²) in [6.45, 7) is 4.49. The predicted molar refractivity (Wildman–Crippen MR) is 89.6 cm³/mol. The van der Waals surface area contributed by atoms with Gasteiger partial charge in [0.1, 0.15) is 18.0 Å². The summed E-state index contributed by atoms with van der Waals surface area (Å²) in [6.07, 6.45) is 21.8. The van der Waals surface area contributed by atoms with Crippen molar-refractivity contribution in [3.63, 3.8) is 0 Å². The number of hydrogen-bond acceptors (Lipinski definition) is 2. The van der Waals surface area contributed by atoms with Crippen molar-refractivity contribution in [2.24, 2.45) is 11.8 Å². The van der Waals surface area contributed by atoms with E-state index in [1.165, 1.54) is 12.8 Å². The van der Waals surface area contributed by atoms with E-state index in [4.69, 9.17) is 9.47 Å². The van der Waals surface area contributed by atoms with Crippen molar-refractivity contribution in [1.82, 2.24) is 0 Å². The lowest BCUT2D eigenvalue weighted by atomic mass is 9.95. The third kappa shape index (κ3) is 4.28. The molecule has 0 saturated heterocycles. The van der Waals surface area contributed by atoms with E-state index >= 15 is 0 Å². The van der Waals surface area contributed by atoms with Crippen LogP contribution < -0.4 is 0 Å². The highest BCUT2D eigenvalue weighted by atomic mass is 16.5. The molecule has 0 saturated carbocycles. The molecule has 0 aromatic rings. The summed E-state index contributed by atoms with van der Waals surface area (Å²) in [4.78, 5) is 0. The number of rotatable bonds is 4. The fourth-order valence-electron chi connectivity index (χ4n) is 2.96. The van der Waals surface area contributed by atoms with Gasteiger partial charge in [0.2, 0.25) is 0 Å². The molecule has 4 unspecified atom stereocenters. The van der Waals surface area contributed by atoms with Crippen LogP contribution in [-0.4, -0.2) is 12.2 Å². The SMILES string of the molecule is CC1[CH]C=C(OC2[CH]C=C(OC3C=CC(C)CC3)C=C2)CC1. The topological polar surface area (TPSA) is 18.5 Å². The number of ether oxygens (including phenoxy) is 2. The van der Waals surface area contributed by atoms with E-state index < -0.39 is 0 Å². The van der Waals surface area contributed by atoms with Crippen LogP contribution in [0.15, 0.2) is 48.0 Å². The smallest absolute Gasteiger partial charge is 0.124 e. The zero-order valence-electron chi connectivity index (χ0n) is 13.6. The second kappa shape index (κ2) is 7.21. The van der Waals surface area contributed by atoms with E-state index in [0.717, 1.165) is 24.4 Å². The highest BCUT2D eigenvalue weighted by Gasteiger charge is 2.18. The second-order valence-electron chi connectivity index (χ2n) is 6.64. The molecule has 22 heavy (non-hydrogen) atoms. The summed E-state index contributed by atoms with van der Waals surface area (Å²) >= 11 is 0. The van der Waals surface area contributed by atoms with Gasteiger partial charge in [-0.15, -0.1) is 0 Å². The van der Waals surface area contributed by atoms with Crippen LogP contribution in [0.3, 0.4) is 0 Å². The Morgan fingerprint density at radius 2 is 1.77 bits per heavy atom. The van der Waals surface area contributed by atoms with Gasteiger partial charge in [0, 0.05) is 12.8 Å². The third-order valence-electron chi connectivity index (χ3n) is 4.49. The monoisotopic (exact) mass is 298 g/mol. The summed E-state index contributed by atoms with van der Waals surface area (Å²) in [5, 5.41) is 0. The Morgan fingerprint density at radius 1 is 0.864 bits per heavy atom. The van der Waals surface area contributed by atoms with E-state index in [1.807, 2.05) is 12.2 Å². The fraction of sp³-hybridized carbons (Fsp3) is 0.500. The largest absolute Gasteiger partial charge is 0.490 e. The van der Waals surface area contributed by atoms with Crippen molar-refractivity contribution in [2.75, 3.05) is 0 Å². The van der Waals surface area contributed by atoms with E-state index in [2.05, 4.69) is 51.0 Å². The standard InChI is InChI=1S/C20H26O2/c1-15-3-7-17(8-4-15)21-19-11-13-20(14-12-19)22-18-9-5-16(2)6-10-18/h3,5,7,9,11-17,20H,4,6,8,10H2,1-2H3. The zero-order valence-corrected chi connectivity index (χ0v) is 13.6. The molecule has 3 rings (SSSR count). The summed E-state index contributed by atoms with van der Waals surface area (Å²) in [7, 11) is 0. The van der Waals surface area contributed by atoms with Crippen LogP contribution in [-0.2, 0) is 9.47 Å². The molecule has 3 aliphatic rings. The minimum Gasteiger partial charge on any atom is -0.490 e. The van der Waals surface area contributed by atoms with Crippen LogP contribution in [0.1, 0.15) is 39.5 Å². The Kier molecular flexibility index (Phi) is 5.07. The first-order chi connectivity index (χ1) is 10.7. The van der Waals surface area contributed by atoms with Crippen molar-refractivity contribution < 1.29 is 9.47 Å².